The van der Waals surface area contributed by atoms with Crippen molar-refractivity contribution < 1.29 is 23.8 Å². The Balaban J connectivity index is 1.73. The minimum atomic E-state index is -1.10. The van der Waals surface area contributed by atoms with E-state index in [4.69, 9.17) is 14.2 Å². The maximum Gasteiger partial charge on any atom is 0.261 e. The van der Waals surface area contributed by atoms with Gasteiger partial charge in [0.1, 0.15) is 0 Å². The molecule has 5 heterocycles. The zero-order valence-electron chi connectivity index (χ0n) is 16.3. The van der Waals surface area contributed by atoms with Crippen molar-refractivity contribution in [2.45, 2.75) is 36.1 Å². The molecule has 2 amide bonds. The molecule has 29 heavy (non-hydrogen) atoms. The standard InChI is InChI=1S/C19H19N3O5S2/c1-17(8-20)7-19-16(24)21(3)18(2,28-29-19)15(23)22(19)14(17)10-5-11(25-4)13-12(6-10)26-9-27-13/h5-6,14H,7,9H2,1-4H3/t14-,17+,18-,19?/m0/s1. The van der Waals surface area contributed by atoms with Crippen molar-refractivity contribution in [2.24, 2.45) is 5.41 Å². The monoisotopic (exact) mass is 433 g/mol. The third kappa shape index (κ3) is 2.07. The number of methoxy groups -OCH3 is 1. The Labute approximate surface area is 175 Å². The lowest BCUT2D eigenvalue weighted by atomic mass is 9.79. The first-order valence-electron chi connectivity index (χ1n) is 9.09. The summed E-state index contributed by atoms with van der Waals surface area (Å²) in [6, 6.07) is 5.34. The van der Waals surface area contributed by atoms with E-state index in [1.54, 1.807) is 31.0 Å². The van der Waals surface area contributed by atoms with Gasteiger partial charge in [-0.3, -0.25) is 9.59 Å². The maximum atomic E-state index is 13.6. The Morgan fingerprint density at radius 2 is 2.00 bits per heavy atom. The van der Waals surface area contributed by atoms with Gasteiger partial charge in [0, 0.05) is 13.5 Å². The zero-order valence-corrected chi connectivity index (χ0v) is 18.0. The number of fused-ring (bicyclic) bond motifs is 3. The van der Waals surface area contributed by atoms with Crippen molar-refractivity contribution in [1.29, 1.82) is 5.26 Å². The molecule has 10 heteroatoms. The van der Waals surface area contributed by atoms with Crippen LogP contribution in [0.25, 0.3) is 0 Å². The molecule has 2 bridgehead atoms. The van der Waals surface area contributed by atoms with Crippen LogP contribution in [0.4, 0.5) is 0 Å². The molecule has 0 aliphatic carbocycles. The Kier molecular flexibility index (Phi) is 3.67. The number of rotatable bonds is 2. The molecule has 1 aromatic carbocycles. The van der Waals surface area contributed by atoms with Gasteiger partial charge in [0.2, 0.25) is 12.5 Å². The van der Waals surface area contributed by atoms with E-state index in [0.29, 0.717) is 22.8 Å². The van der Waals surface area contributed by atoms with Crippen LogP contribution in [-0.2, 0) is 9.59 Å². The Morgan fingerprint density at radius 3 is 2.69 bits per heavy atom. The van der Waals surface area contributed by atoms with Crippen molar-refractivity contribution >= 4 is 33.4 Å². The molecule has 4 fully saturated rings. The number of hydrogen-bond donors (Lipinski definition) is 0. The fourth-order valence-electron chi connectivity index (χ4n) is 4.73. The fourth-order valence-corrected chi connectivity index (χ4v) is 8.31. The van der Waals surface area contributed by atoms with Crippen molar-refractivity contribution in [1.82, 2.24) is 9.80 Å². The second kappa shape index (κ2) is 5.67. The molecule has 0 N–H and O–H groups in total. The van der Waals surface area contributed by atoms with Crippen LogP contribution in [-0.4, -0.2) is 52.3 Å². The van der Waals surface area contributed by atoms with Gasteiger partial charge in [0.05, 0.1) is 24.6 Å². The van der Waals surface area contributed by atoms with E-state index < -0.39 is 21.2 Å². The fraction of sp³-hybridized carbons (Fsp3) is 0.526. The molecule has 6 rings (SSSR count). The number of ether oxygens (including phenoxy) is 3. The van der Waals surface area contributed by atoms with Crippen LogP contribution >= 0.6 is 21.6 Å². The van der Waals surface area contributed by atoms with E-state index in [1.165, 1.54) is 33.6 Å². The first kappa shape index (κ1) is 18.8. The van der Waals surface area contributed by atoms with E-state index in [-0.39, 0.29) is 25.0 Å². The summed E-state index contributed by atoms with van der Waals surface area (Å²) in [6.45, 7) is 3.65. The summed E-state index contributed by atoms with van der Waals surface area (Å²) < 4.78 is 16.5. The molecule has 1 spiro atoms. The average molecular weight is 434 g/mol. The summed E-state index contributed by atoms with van der Waals surface area (Å²) in [7, 11) is 5.97. The number of nitrogens with zero attached hydrogens (tertiary/aromatic N) is 3. The molecule has 0 saturated carbocycles. The molecule has 4 atom stereocenters. The van der Waals surface area contributed by atoms with E-state index in [2.05, 4.69) is 6.07 Å². The lowest BCUT2D eigenvalue weighted by Gasteiger charge is -2.57. The molecule has 152 valence electrons. The molecule has 1 unspecified atom stereocenters. The van der Waals surface area contributed by atoms with E-state index in [9.17, 15) is 14.9 Å². The number of hydrogen-bond acceptors (Lipinski definition) is 8. The first-order chi connectivity index (χ1) is 13.7. The number of carbonyl (C=O) groups is 2. The largest absolute Gasteiger partial charge is 0.493 e. The van der Waals surface area contributed by atoms with Crippen LogP contribution in [0.5, 0.6) is 17.2 Å². The molecule has 8 nitrogen and oxygen atoms in total. The van der Waals surface area contributed by atoms with Crippen LogP contribution in [0.1, 0.15) is 31.9 Å². The lowest BCUT2D eigenvalue weighted by Crippen LogP contribution is -2.73. The maximum absolute atomic E-state index is 13.6. The molecular weight excluding hydrogens is 414 g/mol. The van der Waals surface area contributed by atoms with Crippen LogP contribution in [0.15, 0.2) is 12.1 Å². The molecule has 5 aliphatic heterocycles. The highest BCUT2D eigenvalue weighted by Crippen LogP contribution is 2.69. The van der Waals surface area contributed by atoms with Gasteiger partial charge in [0.25, 0.3) is 11.8 Å². The number of likely N-dealkylation sites (N-methyl/N-ethyl adjacent to an activating group) is 1. The Bertz CT molecular complexity index is 1010. The number of carbonyl (C=O) groups excluding carboxylic acids is 2. The molecule has 5 aliphatic rings. The summed E-state index contributed by atoms with van der Waals surface area (Å²) in [5.41, 5.74) is -0.272. The van der Waals surface area contributed by atoms with E-state index >= 15 is 0 Å². The van der Waals surface area contributed by atoms with Crippen molar-refractivity contribution in [2.75, 3.05) is 21.0 Å². The molecule has 0 radical (unpaired) electrons. The van der Waals surface area contributed by atoms with Gasteiger partial charge in [-0.05, 0) is 31.5 Å². The van der Waals surface area contributed by atoms with Gasteiger partial charge in [0.15, 0.2) is 21.2 Å². The minimum Gasteiger partial charge on any atom is -0.493 e. The zero-order chi connectivity index (χ0) is 20.8. The quantitative estimate of drug-likeness (QED) is 0.657. The summed E-state index contributed by atoms with van der Waals surface area (Å²) in [4.78, 5) is 28.0. The first-order valence-corrected chi connectivity index (χ1v) is 11.2. The third-order valence-corrected chi connectivity index (χ3v) is 10.0. The molecule has 4 saturated heterocycles. The van der Waals surface area contributed by atoms with Gasteiger partial charge in [-0.25, -0.2) is 0 Å². The van der Waals surface area contributed by atoms with Crippen molar-refractivity contribution in [3.63, 3.8) is 0 Å². The normalized spacial score (nSPS) is 37.0. The number of piperazine rings is 1. The molecular formula is C19H19N3O5S2. The summed E-state index contributed by atoms with van der Waals surface area (Å²) in [5, 5.41) is 10.1. The Hall–Kier alpha value is -2.25. The topological polar surface area (TPSA) is 92.1 Å². The van der Waals surface area contributed by atoms with E-state index in [0.717, 1.165) is 0 Å². The minimum absolute atomic E-state index is 0.0791. The number of nitriles is 1. The van der Waals surface area contributed by atoms with E-state index in [1.807, 2.05) is 6.92 Å². The van der Waals surface area contributed by atoms with Crippen LogP contribution in [0, 0.1) is 16.7 Å². The van der Waals surface area contributed by atoms with Gasteiger partial charge in [-0.2, -0.15) is 5.26 Å². The summed E-state index contributed by atoms with van der Waals surface area (Å²) >= 11 is 0. The highest BCUT2D eigenvalue weighted by atomic mass is 33.1. The number of amides is 2. The van der Waals surface area contributed by atoms with Gasteiger partial charge < -0.3 is 24.0 Å². The van der Waals surface area contributed by atoms with Gasteiger partial charge in [-0.1, -0.05) is 21.6 Å². The second-order valence-corrected chi connectivity index (χ2v) is 10.8. The second-order valence-electron chi connectivity index (χ2n) is 8.04. The average Bonchev–Trinajstić information content (AvgIpc) is 3.29. The summed E-state index contributed by atoms with van der Waals surface area (Å²) in [6.07, 6.45) is 0.251. The summed E-state index contributed by atoms with van der Waals surface area (Å²) in [5.74, 6) is 1.18. The van der Waals surface area contributed by atoms with Gasteiger partial charge >= 0.3 is 0 Å². The molecule has 1 aromatic rings. The van der Waals surface area contributed by atoms with Crippen molar-refractivity contribution in [3.05, 3.63) is 17.7 Å². The van der Waals surface area contributed by atoms with Crippen LogP contribution in [0.2, 0.25) is 0 Å². The Morgan fingerprint density at radius 1 is 1.24 bits per heavy atom. The molecule has 0 aromatic heterocycles. The van der Waals surface area contributed by atoms with Crippen LogP contribution < -0.4 is 14.2 Å². The smallest absolute Gasteiger partial charge is 0.261 e. The highest BCUT2D eigenvalue weighted by Gasteiger charge is 2.74. The lowest BCUT2D eigenvalue weighted by molar-refractivity contribution is -0.164. The number of benzene rings is 1. The van der Waals surface area contributed by atoms with Gasteiger partial charge in [-0.15, -0.1) is 0 Å². The third-order valence-electron chi connectivity index (χ3n) is 6.35. The SMILES string of the molecule is COc1cc([C@@H]2N3C(=O)[C@]4(C)SSC3(C[C@]2(C)C#N)C(=O)N4C)cc2c1OCO2. The highest BCUT2D eigenvalue weighted by molar-refractivity contribution is 8.78. The predicted molar refractivity (Wildman–Crippen MR) is 106 cm³/mol. The van der Waals surface area contributed by atoms with Crippen LogP contribution in [0.3, 0.4) is 0 Å². The predicted octanol–water partition coefficient (Wildman–Crippen LogP) is 2.51. The van der Waals surface area contributed by atoms with Crippen molar-refractivity contribution in [3.8, 4) is 23.3 Å².